The van der Waals surface area contributed by atoms with E-state index in [0.717, 1.165) is 35.2 Å². The lowest BCUT2D eigenvalue weighted by atomic mass is 9.85. The molecule has 3 aromatic carbocycles. The van der Waals surface area contributed by atoms with Gasteiger partial charge in [0.05, 0.1) is 7.11 Å². The molecule has 2 heterocycles. The third kappa shape index (κ3) is 4.35. The van der Waals surface area contributed by atoms with Crippen LogP contribution in [0.15, 0.2) is 84.1 Å². The van der Waals surface area contributed by atoms with Crippen LogP contribution in [0.2, 0.25) is 0 Å². The second-order valence-corrected chi connectivity index (χ2v) is 9.09. The summed E-state index contributed by atoms with van der Waals surface area (Å²) in [5.74, 6) is 2.10. The zero-order valence-electron chi connectivity index (χ0n) is 20.3. The first-order valence-electron chi connectivity index (χ1n) is 12.2. The SMILES string of the molecule is COc1cc([C@H]2C3=C(CCCC3=O)Nc3nc(-c4ccccc4)nn32)ccc1OCc1ccc(F)cc1. The summed E-state index contributed by atoms with van der Waals surface area (Å²) in [6.07, 6.45) is 2.08. The third-order valence-corrected chi connectivity index (χ3v) is 6.71. The van der Waals surface area contributed by atoms with Crippen molar-refractivity contribution in [3.63, 3.8) is 0 Å². The minimum Gasteiger partial charge on any atom is -0.493 e. The molecule has 0 saturated heterocycles. The van der Waals surface area contributed by atoms with Gasteiger partial charge in [-0.05, 0) is 48.2 Å². The lowest BCUT2D eigenvalue weighted by molar-refractivity contribution is -0.116. The van der Waals surface area contributed by atoms with E-state index in [-0.39, 0.29) is 18.2 Å². The number of hydrogen-bond acceptors (Lipinski definition) is 6. The van der Waals surface area contributed by atoms with Gasteiger partial charge in [-0.15, -0.1) is 5.10 Å². The second-order valence-electron chi connectivity index (χ2n) is 9.09. The van der Waals surface area contributed by atoms with Gasteiger partial charge < -0.3 is 14.8 Å². The number of nitrogens with zero attached hydrogens (tertiary/aromatic N) is 3. The summed E-state index contributed by atoms with van der Waals surface area (Å²) >= 11 is 0. The quantitative estimate of drug-likeness (QED) is 0.369. The van der Waals surface area contributed by atoms with Crippen LogP contribution in [-0.4, -0.2) is 27.7 Å². The predicted octanol–water partition coefficient (Wildman–Crippen LogP) is 5.69. The molecular formula is C29H25FN4O3. The van der Waals surface area contributed by atoms with Crippen LogP contribution in [0.4, 0.5) is 10.3 Å². The van der Waals surface area contributed by atoms with Crippen LogP contribution in [0.3, 0.4) is 0 Å². The largest absolute Gasteiger partial charge is 0.493 e. The fraction of sp³-hybridized carbons (Fsp3) is 0.207. The first kappa shape index (κ1) is 23.0. The summed E-state index contributed by atoms with van der Waals surface area (Å²) in [6, 6.07) is 21.2. The average Bonchev–Trinajstić information content (AvgIpc) is 3.36. The van der Waals surface area contributed by atoms with E-state index in [1.165, 1.54) is 12.1 Å². The number of Topliss-reactive ketones (excluding diaryl/α,β-unsaturated/α-hetero) is 1. The van der Waals surface area contributed by atoms with Crippen LogP contribution in [0.5, 0.6) is 11.5 Å². The number of fused-ring (bicyclic) bond motifs is 1. The highest BCUT2D eigenvalue weighted by Crippen LogP contribution is 2.42. The van der Waals surface area contributed by atoms with E-state index in [0.29, 0.717) is 35.3 Å². The lowest BCUT2D eigenvalue weighted by Crippen LogP contribution is -2.31. The zero-order chi connectivity index (χ0) is 25.4. The average molecular weight is 497 g/mol. The summed E-state index contributed by atoms with van der Waals surface area (Å²) in [6.45, 7) is 0.269. The number of carbonyl (C=O) groups excluding carboxylic acids is 1. The Morgan fingerprint density at radius 3 is 2.62 bits per heavy atom. The summed E-state index contributed by atoms with van der Waals surface area (Å²) in [7, 11) is 1.58. The fourth-order valence-electron chi connectivity index (χ4n) is 4.89. The number of carbonyl (C=O) groups is 1. The molecule has 0 unspecified atom stereocenters. The molecule has 2 aliphatic rings. The minimum atomic E-state index is -0.441. The van der Waals surface area contributed by atoms with Crippen molar-refractivity contribution in [3.8, 4) is 22.9 Å². The fourth-order valence-corrected chi connectivity index (χ4v) is 4.89. The molecule has 8 heteroatoms. The van der Waals surface area contributed by atoms with Gasteiger partial charge in [0, 0.05) is 23.3 Å². The van der Waals surface area contributed by atoms with Crippen LogP contribution in [0.1, 0.15) is 36.4 Å². The number of ketones is 1. The van der Waals surface area contributed by atoms with E-state index in [4.69, 9.17) is 19.6 Å². The van der Waals surface area contributed by atoms with Crippen LogP contribution in [0.25, 0.3) is 11.4 Å². The Kier molecular flexibility index (Phi) is 5.92. The molecule has 0 amide bonds. The van der Waals surface area contributed by atoms with E-state index in [1.54, 1.807) is 23.9 Å². The van der Waals surface area contributed by atoms with Crippen molar-refractivity contribution in [1.82, 2.24) is 14.8 Å². The van der Waals surface area contributed by atoms with E-state index in [2.05, 4.69) is 5.32 Å². The van der Waals surface area contributed by atoms with Gasteiger partial charge in [0.25, 0.3) is 0 Å². The number of benzene rings is 3. The van der Waals surface area contributed by atoms with Crippen molar-refractivity contribution in [1.29, 1.82) is 0 Å². The molecule has 0 fully saturated rings. The van der Waals surface area contributed by atoms with Crippen LogP contribution in [-0.2, 0) is 11.4 Å². The van der Waals surface area contributed by atoms with Crippen molar-refractivity contribution < 1.29 is 18.7 Å². The van der Waals surface area contributed by atoms with Crippen LogP contribution >= 0.6 is 0 Å². The first-order chi connectivity index (χ1) is 18.1. The summed E-state index contributed by atoms with van der Waals surface area (Å²) in [5.41, 5.74) is 4.20. The maximum absolute atomic E-state index is 13.2. The Balaban J connectivity index is 1.38. The lowest BCUT2D eigenvalue weighted by Gasteiger charge is -2.32. The molecule has 1 atom stereocenters. The molecule has 37 heavy (non-hydrogen) atoms. The molecule has 4 aromatic rings. The number of nitrogens with one attached hydrogen (secondary N) is 1. The molecule has 0 bridgehead atoms. The Hall–Kier alpha value is -4.46. The normalized spacial score (nSPS) is 16.6. The predicted molar refractivity (Wildman–Crippen MR) is 137 cm³/mol. The number of aromatic nitrogens is 3. The molecule has 1 aromatic heterocycles. The molecule has 1 aliphatic heterocycles. The van der Waals surface area contributed by atoms with Gasteiger partial charge in [0.15, 0.2) is 23.1 Å². The molecule has 0 radical (unpaired) electrons. The van der Waals surface area contributed by atoms with Crippen molar-refractivity contribution in [3.05, 3.63) is 101 Å². The van der Waals surface area contributed by atoms with Crippen molar-refractivity contribution >= 4 is 11.7 Å². The Morgan fingerprint density at radius 2 is 1.84 bits per heavy atom. The first-order valence-corrected chi connectivity index (χ1v) is 12.2. The molecule has 7 nitrogen and oxygen atoms in total. The van der Waals surface area contributed by atoms with Gasteiger partial charge in [0.1, 0.15) is 18.5 Å². The third-order valence-electron chi connectivity index (χ3n) is 6.71. The number of methoxy groups -OCH3 is 1. The number of anilines is 1. The van der Waals surface area contributed by atoms with Crippen molar-refractivity contribution in [2.24, 2.45) is 0 Å². The van der Waals surface area contributed by atoms with E-state index >= 15 is 0 Å². The summed E-state index contributed by atoms with van der Waals surface area (Å²) < 4.78 is 26.7. The Bertz CT molecular complexity index is 1500. The highest BCUT2D eigenvalue weighted by Gasteiger charge is 2.37. The molecule has 186 valence electrons. The molecule has 1 aliphatic carbocycles. The molecule has 0 saturated carbocycles. The molecular weight excluding hydrogens is 471 g/mol. The van der Waals surface area contributed by atoms with Crippen LogP contribution < -0.4 is 14.8 Å². The Morgan fingerprint density at radius 1 is 1.03 bits per heavy atom. The number of rotatable bonds is 6. The smallest absolute Gasteiger partial charge is 0.226 e. The van der Waals surface area contributed by atoms with Crippen LogP contribution in [0, 0.1) is 5.82 Å². The topological polar surface area (TPSA) is 78.3 Å². The van der Waals surface area contributed by atoms with Gasteiger partial charge in [-0.1, -0.05) is 48.5 Å². The second kappa shape index (κ2) is 9.54. The molecule has 1 N–H and O–H groups in total. The van der Waals surface area contributed by atoms with Gasteiger partial charge in [-0.2, -0.15) is 4.98 Å². The summed E-state index contributed by atoms with van der Waals surface area (Å²) in [5, 5.41) is 8.19. The summed E-state index contributed by atoms with van der Waals surface area (Å²) in [4.78, 5) is 17.9. The maximum Gasteiger partial charge on any atom is 0.226 e. The number of allylic oxidation sites excluding steroid dienone is 2. The highest BCUT2D eigenvalue weighted by molar-refractivity contribution is 5.99. The van der Waals surface area contributed by atoms with Crippen molar-refractivity contribution in [2.75, 3.05) is 12.4 Å². The molecule has 0 spiro atoms. The number of ether oxygens (including phenoxy) is 2. The zero-order valence-corrected chi connectivity index (χ0v) is 20.3. The monoisotopic (exact) mass is 496 g/mol. The van der Waals surface area contributed by atoms with Crippen molar-refractivity contribution in [2.45, 2.75) is 31.9 Å². The minimum absolute atomic E-state index is 0.108. The highest BCUT2D eigenvalue weighted by atomic mass is 19.1. The maximum atomic E-state index is 13.2. The van der Waals surface area contributed by atoms with E-state index in [9.17, 15) is 9.18 Å². The number of hydrogen-bond donors (Lipinski definition) is 1. The number of halogens is 1. The van der Waals surface area contributed by atoms with Gasteiger partial charge in [0.2, 0.25) is 5.95 Å². The molecule has 6 rings (SSSR count). The van der Waals surface area contributed by atoms with E-state index in [1.807, 2.05) is 48.5 Å². The van der Waals surface area contributed by atoms with E-state index < -0.39 is 6.04 Å². The Labute approximate surface area is 213 Å². The van der Waals surface area contributed by atoms with Gasteiger partial charge in [-0.25, -0.2) is 9.07 Å². The van der Waals surface area contributed by atoms with Gasteiger partial charge in [-0.3, -0.25) is 4.79 Å². The standard InChI is InChI=1S/C29H25FN4O3/c1-36-25-16-20(12-15-24(25)37-17-18-10-13-21(30)14-11-18)27-26-22(8-5-9-23(26)35)31-29-32-28(33-34(27)29)19-6-3-2-4-7-19/h2-4,6-7,10-16,27H,5,8-9,17H2,1H3,(H,31,32,33)/t27-/m0/s1. The van der Waals surface area contributed by atoms with Gasteiger partial charge >= 0.3 is 0 Å².